The molecule has 0 saturated carbocycles. The molecule has 0 aromatic rings. The molecular formula is C66H111N3O49. The number of hydrogen-bond donors (Lipinski definition) is 30. The Kier molecular flexibility index (Phi) is 34.3. The molecule has 0 aromatic heterocycles. The molecule has 52 heteroatoms. The van der Waals surface area contributed by atoms with E-state index >= 15 is 0 Å². The predicted molar refractivity (Wildman–Crippen MR) is 362 cm³/mol. The number of carbonyl (C=O) groups excluding carboxylic acids is 3. The molecule has 0 bridgehead atoms. The maximum Gasteiger partial charge on any atom is 0.217 e. The van der Waals surface area contributed by atoms with Crippen molar-refractivity contribution in [2.24, 2.45) is 0 Å². The molecule has 0 aromatic carbocycles. The van der Waals surface area contributed by atoms with Gasteiger partial charge in [-0.2, -0.15) is 0 Å². The Hall–Kier alpha value is -3.43. The van der Waals surface area contributed by atoms with Crippen LogP contribution in [0.5, 0.6) is 0 Å². The Morgan fingerprint density at radius 2 is 0.517 bits per heavy atom. The molecule has 10 saturated heterocycles. The van der Waals surface area contributed by atoms with Gasteiger partial charge in [0.25, 0.3) is 0 Å². The first kappa shape index (κ1) is 96.8. The molecule has 10 fully saturated rings. The first-order valence-corrected chi connectivity index (χ1v) is 37.9. The summed E-state index contributed by atoms with van der Waals surface area (Å²) in [4.78, 5) is 39.9. The maximum absolute atomic E-state index is 13.6. The number of nitrogens with one attached hydrogen (secondary N) is 3. The van der Waals surface area contributed by atoms with Gasteiger partial charge >= 0.3 is 0 Å². The minimum atomic E-state index is -2.49. The number of aliphatic hydroxyl groups is 27. The van der Waals surface area contributed by atoms with Gasteiger partial charge < -0.3 is 244 Å². The average Bonchev–Trinajstić information content (AvgIpc) is 0.767. The largest absolute Gasteiger partial charge is 0.394 e. The summed E-state index contributed by atoms with van der Waals surface area (Å²) >= 11 is 0. The van der Waals surface area contributed by atoms with Crippen molar-refractivity contribution >= 4 is 17.7 Å². The van der Waals surface area contributed by atoms with Crippen LogP contribution in [0.15, 0.2) is 0 Å². The highest BCUT2D eigenvalue weighted by Crippen LogP contribution is 2.41. The third kappa shape index (κ3) is 20.8. The topological polar surface area (TPSA) is 809 Å². The van der Waals surface area contributed by atoms with Gasteiger partial charge in [0.1, 0.15) is 232 Å². The number of aliphatic hydroxyl groups excluding tert-OH is 27. The summed E-state index contributed by atoms with van der Waals surface area (Å²) in [7, 11) is 0. The molecule has 0 unspecified atom stereocenters. The van der Waals surface area contributed by atoms with E-state index in [0.29, 0.717) is 0 Å². The third-order valence-corrected chi connectivity index (χ3v) is 22.0. The van der Waals surface area contributed by atoms with Crippen LogP contribution in [-0.2, 0) is 104 Å². The van der Waals surface area contributed by atoms with Crippen LogP contribution in [0.4, 0.5) is 0 Å². The molecule has 30 N–H and O–H groups in total. The monoisotopic (exact) mass is 1730 g/mol. The van der Waals surface area contributed by atoms with Gasteiger partial charge in [-0.15, -0.1) is 0 Å². The van der Waals surface area contributed by atoms with Crippen LogP contribution in [0.1, 0.15) is 34.6 Å². The molecule has 10 aliphatic heterocycles. The summed E-state index contributed by atoms with van der Waals surface area (Å²) in [5.41, 5.74) is 0. The highest BCUT2D eigenvalue weighted by molar-refractivity contribution is 5.74. The van der Waals surface area contributed by atoms with Crippen LogP contribution in [0.2, 0.25) is 0 Å². The first-order valence-electron chi connectivity index (χ1n) is 37.9. The van der Waals surface area contributed by atoms with E-state index in [1.54, 1.807) is 0 Å². The van der Waals surface area contributed by atoms with Gasteiger partial charge in [0, 0.05) is 20.8 Å². The highest BCUT2D eigenvalue weighted by Gasteiger charge is 2.62. The second-order valence-electron chi connectivity index (χ2n) is 30.2. The normalized spacial score (nSPS) is 51.1. The summed E-state index contributed by atoms with van der Waals surface area (Å²) in [6.07, 6.45) is -96.7. The number of carbonyl (C=O) groups is 3. The molecule has 118 heavy (non-hydrogen) atoms. The van der Waals surface area contributed by atoms with Crippen LogP contribution in [0, 0.1) is 0 Å². The van der Waals surface area contributed by atoms with E-state index in [1.165, 1.54) is 13.8 Å². The Balaban J connectivity index is 0.968. The van der Waals surface area contributed by atoms with Crippen molar-refractivity contribution in [1.82, 2.24) is 16.0 Å². The lowest BCUT2D eigenvalue weighted by Gasteiger charge is -2.52. The Labute approximate surface area is 668 Å². The van der Waals surface area contributed by atoms with Gasteiger partial charge in [0.05, 0.1) is 65.1 Å². The summed E-state index contributed by atoms with van der Waals surface area (Å²) in [5, 5.41) is 307. The van der Waals surface area contributed by atoms with Gasteiger partial charge in [-0.05, 0) is 13.8 Å². The van der Waals surface area contributed by atoms with E-state index in [4.69, 9.17) is 90.0 Å². The molecule has 10 rings (SSSR count). The average molecular weight is 1730 g/mol. The van der Waals surface area contributed by atoms with Gasteiger partial charge in [-0.3, -0.25) is 14.4 Å². The molecule has 50 atom stereocenters. The van der Waals surface area contributed by atoms with E-state index in [0.717, 1.165) is 20.8 Å². The molecule has 0 aliphatic carbocycles. The van der Waals surface area contributed by atoms with E-state index in [2.05, 4.69) is 16.0 Å². The second-order valence-corrected chi connectivity index (χ2v) is 30.2. The van der Waals surface area contributed by atoms with Crippen LogP contribution in [0.25, 0.3) is 0 Å². The first-order chi connectivity index (χ1) is 55.8. The Morgan fingerprint density at radius 3 is 0.949 bits per heavy atom. The van der Waals surface area contributed by atoms with Crippen molar-refractivity contribution in [2.75, 3.05) is 52.9 Å². The molecule has 52 nitrogen and oxygen atoms in total. The fraction of sp³-hybridized carbons (Fsp3) is 0.955. The molecule has 0 radical (unpaired) electrons. The minimum absolute atomic E-state index is 0.918. The van der Waals surface area contributed by atoms with Crippen LogP contribution in [-0.4, -0.2) is 515 Å². The summed E-state index contributed by atoms with van der Waals surface area (Å²) in [6, 6.07) is -5.91. The molecule has 684 valence electrons. The van der Waals surface area contributed by atoms with Crippen molar-refractivity contribution in [2.45, 2.75) is 341 Å². The lowest BCUT2D eigenvalue weighted by molar-refractivity contribution is -0.394. The fourth-order valence-corrected chi connectivity index (χ4v) is 15.4. The quantitative estimate of drug-likeness (QED) is 0.0331. The maximum atomic E-state index is 13.6. The smallest absolute Gasteiger partial charge is 0.217 e. The summed E-state index contributed by atoms with van der Waals surface area (Å²) in [6.45, 7) is -3.74. The van der Waals surface area contributed by atoms with Crippen LogP contribution in [0.3, 0.4) is 0 Å². The zero-order chi connectivity index (χ0) is 86.8. The summed E-state index contributed by atoms with van der Waals surface area (Å²) < 4.78 is 113. The number of ether oxygens (including phenoxy) is 19. The molecule has 10 heterocycles. The van der Waals surface area contributed by atoms with Crippen molar-refractivity contribution in [3.05, 3.63) is 0 Å². The standard InChI is InChI=1S/C66H111N3O49/c1-14-30(80)38(88)44(94)61(101-14)115-53-29(69-18(5)79)58(100-13-26-37(87)55(48(98)65(110-26)111-49-24(11-75)103-57(99)43(93)42(49)92)117-59-27(67-16(3)77)51(34(84)21(8-72)104-59)113-63-46(96)40(90)32(82)19(6-70)106-63)109-25(12-76)50(53)112-64-47(97)54(36(86)23(10-74)107-64)116-60-28(68-17(4)78)52(35(85)22(9-73)105-60)114-66-56(41(91)33(83)20(7-71)108-66)118-62-45(95)39(89)31(81)15(2)102-62/h14-15,19-66,70-76,80-99H,6-13H2,1-5H3,(H,67,77)(H,68,78)(H,69,79)/t14-,15-,19+,20+,21+,22+,23+,24+,25+,26+,27+,28+,29+,30+,31+,32-,33-,34+,35+,36-,37-,38+,39+,40-,41-,42+,43+,44-,45-,46+,47+,48+,49+,50+,51+,52+,53+,54-,55-,56+,57+,58+,59-,60-,61-,62-,63-,64-,65-,66-/m0/s1. The minimum Gasteiger partial charge on any atom is -0.394 e. The van der Waals surface area contributed by atoms with Gasteiger partial charge in [0.15, 0.2) is 62.9 Å². The molecule has 10 aliphatic rings. The second kappa shape index (κ2) is 41.8. The third-order valence-electron chi connectivity index (χ3n) is 22.0. The fourth-order valence-electron chi connectivity index (χ4n) is 15.4. The Bertz CT molecular complexity index is 3140. The van der Waals surface area contributed by atoms with Crippen molar-refractivity contribution in [3.8, 4) is 0 Å². The lowest BCUT2D eigenvalue weighted by atomic mass is 9.93. The molecular weight excluding hydrogens is 1620 g/mol. The van der Waals surface area contributed by atoms with Crippen LogP contribution >= 0.6 is 0 Å². The van der Waals surface area contributed by atoms with Crippen molar-refractivity contribution in [3.63, 3.8) is 0 Å². The van der Waals surface area contributed by atoms with Crippen LogP contribution < -0.4 is 16.0 Å². The van der Waals surface area contributed by atoms with Gasteiger partial charge in [-0.25, -0.2) is 0 Å². The zero-order valence-corrected chi connectivity index (χ0v) is 63.6. The summed E-state index contributed by atoms with van der Waals surface area (Å²) in [5.74, 6) is -2.94. The van der Waals surface area contributed by atoms with E-state index in [1.807, 2.05) is 0 Å². The molecule has 0 spiro atoms. The van der Waals surface area contributed by atoms with E-state index < -0.39 is 377 Å². The number of amides is 3. The van der Waals surface area contributed by atoms with Crippen molar-refractivity contribution in [1.29, 1.82) is 0 Å². The van der Waals surface area contributed by atoms with Crippen molar-refractivity contribution < 1.29 is 242 Å². The predicted octanol–water partition coefficient (Wildman–Crippen LogP) is -20.3. The zero-order valence-electron chi connectivity index (χ0n) is 63.6. The highest BCUT2D eigenvalue weighted by atomic mass is 16.8. The van der Waals surface area contributed by atoms with Gasteiger partial charge in [0.2, 0.25) is 17.7 Å². The molecule has 3 amide bonds. The Morgan fingerprint density at radius 1 is 0.237 bits per heavy atom. The number of hydrogen-bond acceptors (Lipinski definition) is 49. The van der Waals surface area contributed by atoms with Gasteiger partial charge in [-0.1, -0.05) is 0 Å². The number of rotatable bonds is 29. The van der Waals surface area contributed by atoms with E-state index in [-0.39, 0.29) is 0 Å². The lowest BCUT2D eigenvalue weighted by Crippen LogP contribution is -2.71. The van der Waals surface area contributed by atoms with E-state index in [9.17, 15) is 152 Å². The SMILES string of the molecule is CC(=O)N[C@H]1[C@H](OC[C@H]2O[C@@H](O[C@H]3[C@H](O)[C@@H](O)[C@H](O)O[C@@H]3CO)[C@H](O)[C@@H](O[C@@H]3O[C@H](CO)[C@@H](O)[C@H](O[C@@H]4O[C@H](CO)[C@H](O)[C@H](O)[C@H]4O)[C@H]3NC(C)=O)[C@H]2O)O[C@H](CO)[C@@H](O[C@@H]2O[C@H](CO)[C@H](O)[C@H](O[C@@H]3O[C@H](CO)[C@@H](O)[C@H](O[C@@H]4O[C@H](CO)[C@H](O)[C@H](O)[C@H]4O[C@@H]4O[C@@H](C)[C@@H](O)[C@@H](O)[C@@H]4O)[C@H]3NC(C)=O)[C@H]2O)[C@@H]1O[C@@H]1O[C@@H](C)[C@@H](O)[C@@H](O)[C@@H]1O.